The Hall–Kier alpha value is -10.2. The SMILES string of the molecule is C[NH+](C)c1ccccc1.Fc1c(F)c(F)c([B-](c2c(F)c(F)c(F)c(F)c2F)(c2c(F)c(F)c(F)c(F)c2F)c2c(F)c(F)c(F)c(F)c2F)c(F)c1F.c1ccc([B-](c2ccccc2)(c2ccccc2)c2ccccc2)cc1.c1ccc([PH+](c2ccccc2)c2ccccc2)cc1. The summed E-state index contributed by atoms with van der Waals surface area (Å²) in [6.45, 7) is 0. The maximum Gasteiger partial charge on any atom is 0.200 e. The Morgan fingerprint density at radius 1 is 0.194 bits per heavy atom. The number of nitrogens with one attached hydrogen (secondary N) is 1. The first-order valence-corrected chi connectivity index (χ1v) is 30.9. The molecule has 0 saturated carbocycles. The highest BCUT2D eigenvalue weighted by atomic mass is 31.1. The Balaban J connectivity index is 0.000000176. The first kappa shape index (κ1) is 72.0. The van der Waals surface area contributed by atoms with E-state index in [1.165, 1.54) is 48.4 Å². The molecule has 0 aliphatic carbocycles. The number of halogens is 20. The molecule has 98 heavy (non-hydrogen) atoms. The molecule has 0 atom stereocenters. The van der Waals surface area contributed by atoms with Crippen molar-refractivity contribution in [2.75, 3.05) is 14.1 Å². The minimum Gasteiger partial charge on any atom is -0.307 e. The van der Waals surface area contributed by atoms with Crippen LogP contribution in [0.4, 0.5) is 93.5 Å². The molecule has 0 aliphatic rings. The van der Waals surface area contributed by atoms with E-state index in [0.717, 1.165) is 0 Å². The third-order valence-corrected chi connectivity index (χ3v) is 19.2. The van der Waals surface area contributed by atoms with E-state index in [2.05, 4.69) is 251 Å². The summed E-state index contributed by atoms with van der Waals surface area (Å²) in [5.74, 6) is -71.4. The second-order valence-corrected chi connectivity index (χ2v) is 24.6. The van der Waals surface area contributed by atoms with Crippen molar-refractivity contribution in [1.29, 1.82) is 0 Å². The largest absolute Gasteiger partial charge is 0.307 e. The molecule has 0 aromatic heterocycles. The van der Waals surface area contributed by atoms with Crippen LogP contribution < -0.4 is 64.5 Å². The van der Waals surface area contributed by atoms with Crippen LogP contribution >= 0.6 is 7.92 Å². The third kappa shape index (κ3) is 13.5. The predicted octanol–water partition coefficient (Wildman–Crippen LogP) is 12.5. The van der Waals surface area contributed by atoms with Gasteiger partial charge >= 0.3 is 0 Å². The lowest BCUT2D eigenvalue weighted by Gasteiger charge is -2.44. The lowest BCUT2D eigenvalue weighted by atomic mass is 9.12. The predicted molar refractivity (Wildman–Crippen MR) is 345 cm³/mol. The number of para-hydroxylation sites is 1. The van der Waals surface area contributed by atoms with E-state index in [-0.39, 0.29) is 0 Å². The molecule has 0 aliphatic heterocycles. The molecular weight excluding hydrogens is 1340 g/mol. The zero-order valence-corrected chi connectivity index (χ0v) is 51.8. The summed E-state index contributed by atoms with van der Waals surface area (Å²) in [5, 5.41) is 4.31. The highest BCUT2D eigenvalue weighted by Crippen LogP contribution is 2.34. The maximum absolute atomic E-state index is 15.4. The Labute approximate surface area is 549 Å². The van der Waals surface area contributed by atoms with E-state index in [9.17, 15) is 52.7 Å². The van der Waals surface area contributed by atoms with Gasteiger partial charge in [-0.1, -0.05) is 194 Å². The minimum absolute atomic E-state index is 0.877. The smallest absolute Gasteiger partial charge is 0.200 e. The second kappa shape index (κ2) is 30.9. The summed E-state index contributed by atoms with van der Waals surface area (Å²) < 4.78 is 294. The van der Waals surface area contributed by atoms with Gasteiger partial charge in [0.15, 0.2) is 69.8 Å². The van der Waals surface area contributed by atoms with E-state index >= 15 is 35.1 Å². The minimum atomic E-state index is -7.22. The molecule has 0 spiro atoms. The Morgan fingerprint density at radius 3 is 0.510 bits per heavy atom. The van der Waals surface area contributed by atoms with Crippen LogP contribution in [-0.4, -0.2) is 26.4 Å². The van der Waals surface area contributed by atoms with Gasteiger partial charge in [-0.15, -0.1) is 21.9 Å². The molecule has 1 N–H and O–H groups in total. The molecule has 0 unspecified atom stereocenters. The van der Waals surface area contributed by atoms with Gasteiger partial charge < -0.3 is 4.90 Å². The number of quaternary nitrogens is 1. The first-order chi connectivity index (χ1) is 46.9. The fourth-order valence-electron chi connectivity index (χ4n) is 12.1. The van der Waals surface area contributed by atoms with Crippen LogP contribution in [0.5, 0.6) is 0 Å². The van der Waals surface area contributed by atoms with Crippen molar-refractivity contribution in [3.63, 3.8) is 0 Å². The van der Waals surface area contributed by atoms with Gasteiger partial charge in [-0.3, -0.25) is 0 Å². The Morgan fingerprint density at radius 2 is 0.347 bits per heavy atom. The molecule has 1 nitrogen and oxygen atoms in total. The van der Waals surface area contributed by atoms with Crippen molar-refractivity contribution in [3.05, 3.63) is 359 Å². The Kier molecular flexibility index (Phi) is 22.7. The van der Waals surface area contributed by atoms with Gasteiger partial charge in [0.2, 0.25) is 0 Å². The molecule has 12 aromatic carbocycles. The van der Waals surface area contributed by atoms with Crippen molar-refractivity contribution in [3.8, 4) is 0 Å². The van der Waals surface area contributed by atoms with E-state index in [0.29, 0.717) is 0 Å². The van der Waals surface area contributed by atoms with Crippen LogP contribution in [0.15, 0.2) is 243 Å². The van der Waals surface area contributed by atoms with E-state index in [1.54, 1.807) is 0 Å². The highest BCUT2D eigenvalue weighted by Gasteiger charge is 2.52. The maximum atomic E-state index is 15.4. The summed E-state index contributed by atoms with van der Waals surface area (Å²) in [7, 11) is 3.36. The molecule has 0 heterocycles. The van der Waals surface area contributed by atoms with Crippen LogP contribution in [0.25, 0.3) is 0 Å². The summed E-state index contributed by atoms with van der Waals surface area (Å²) >= 11 is 0. The molecule has 24 heteroatoms. The van der Waals surface area contributed by atoms with Gasteiger partial charge in [0.1, 0.15) is 80.4 Å². The first-order valence-electron chi connectivity index (χ1n) is 29.4. The average molecular weight is 1380 g/mol. The number of hydrogen-bond acceptors (Lipinski definition) is 0. The molecule has 0 amide bonds. The second-order valence-electron chi connectivity index (χ2n) is 22.1. The van der Waals surface area contributed by atoms with Gasteiger partial charge in [0.25, 0.3) is 0 Å². The number of benzene rings is 12. The fraction of sp³-hybridized carbons (Fsp3) is 0.0270. The molecular formula is C74H48B2F20NP. The van der Waals surface area contributed by atoms with Crippen LogP contribution in [0, 0.1) is 116 Å². The van der Waals surface area contributed by atoms with Gasteiger partial charge in [-0.05, 0) is 48.5 Å². The van der Waals surface area contributed by atoms with Crippen molar-refractivity contribution >= 4 is 85.5 Å². The van der Waals surface area contributed by atoms with Gasteiger partial charge in [0, 0.05) is 0 Å². The summed E-state index contributed by atoms with van der Waals surface area (Å²) in [4.78, 5) is 1.37. The van der Waals surface area contributed by atoms with Crippen LogP contribution in [-0.2, 0) is 0 Å². The molecule has 12 aromatic rings. The normalized spacial score (nSPS) is 11.3. The third-order valence-electron chi connectivity index (χ3n) is 16.4. The fourth-order valence-corrected chi connectivity index (χ4v) is 14.7. The van der Waals surface area contributed by atoms with Crippen molar-refractivity contribution < 1.29 is 92.7 Å². The molecule has 12 rings (SSSR count). The Bertz CT molecular complexity index is 4110. The molecule has 0 bridgehead atoms. The van der Waals surface area contributed by atoms with E-state index in [1.807, 2.05) is 6.07 Å². The van der Waals surface area contributed by atoms with Gasteiger partial charge in [0.05, 0.1) is 22.0 Å². The quantitative estimate of drug-likeness (QED) is 0.0409. The number of hydrogen-bond donors (Lipinski definition) is 1. The summed E-state index contributed by atoms with van der Waals surface area (Å²) in [6, 6.07) is 86.4. The molecule has 0 radical (unpaired) electrons. The van der Waals surface area contributed by atoms with E-state index < -0.39 is 158 Å². The summed E-state index contributed by atoms with van der Waals surface area (Å²) in [6.07, 6.45) is -8.43. The number of rotatable bonds is 12. The monoisotopic (exact) mass is 1380 g/mol. The van der Waals surface area contributed by atoms with Crippen molar-refractivity contribution in [2.45, 2.75) is 0 Å². The van der Waals surface area contributed by atoms with E-state index in [4.69, 9.17) is 0 Å². The topological polar surface area (TPSA) is 4.44 Å². The van der Waals surface area contributed by atoms with Gasteiger partial charge in [-0.2, -0.15) is 21.9 Å². The van der Waals surface area contributed by atoms with Crippen LogP contribution in [0.1, 0.15) is 0 Å². The van der Waals surface area contributed by atoms with Gasteiger partial charge in [-0.25, -0.2) is 87.8 Å². The average Bonchev–Trinajstić information content (AvgIpc) is 0.683. The lowest BCUT2D eigenvalue weighted by Crippen LogP contribution is -3.00. The van der Waals surface area contributed by atoms with Crippen LogP contribution in [0.3, 0.4) is 0 Å². The van der Waals surface area contributed by atoms with Crippen LogP contribution in [0.2, 0.25) is 0 Å². The lowest BCUT2D eigenvalue weighted by molar-refractivity contribution is -0.786. The summed E-state index contributed by atoms with van der Waals surface area (Å²) in [5.41, 5.74) is -7.64. The van der Waals surface area contributed by atoms with Crippen molar-refractivity contribution in [2.24, 2.45) is 0 Å². The standard InChI is InChI=1S/C24BF20.C24H20B.C18H15P.C8H11N/c26-5-1(6(27)14(35)21(42)13(5)34)25(2-7(28)15(36)22(43)16(37)8(2)29,3-9(30)17(38)23(44)18(39)10(3)31)4-11(32)19(40)24(45)20(41)12(4)33;1-5-13-21(14-6-1)25(22-15-7-2-8-16-22,23-17-9-3-10-18-23)24-19-11-4-12-20-24;1-4-10-16(11-5-1)19(17-12-6-2-7-13-17)18-14-8-3-9-15-18;1-9(2)8-6-4-3-5-7-8/h;1-20H;1-15H;3-7H,1-2H3/q2*-1;;/p+2. The zero-order chi connectivity index (χ0) is 70.9. The zero-order valence-electron chi connectivity index (χ0n) is 50.8. The highest BCUT2D eigenvalue weighted by molar-refractivity contribution is 7.79. The molecule has 0 saturated heterocycles. The molecule has 500 valence electrons. The van der Waals surface area contributed by atoms with Crippen molar-refractivity contribution in [1.82, 2.24) is 0 Å². The molecule has 0 fully saturated rings.